The lowest BCUT2D eigenvalue weighted by Crippen LogP contribution is -2.53. The monoisotopic (exact) mass is 623 g/mol. The maximum atomic E-state index is 14.4. The van der Waals surface area contributed by atoms with Crippen LogP contribution >= 0.6 is 11.6 Å². The van der Waals surface area contributed by atoms with E-state index in [1.54, 1.807) is 35.9 Å². The largest absolute Gasteiger partial charge is 0.496 e. The van der Waals surface area contributed by atoms with Gasteiger partial charge in [-0.05, 0) is 30.7 Å². The number of amides is 1. The van der Waals surface area contributed by atoms with Crippen molar-refractivity contribution in [2.75, 3.05) is 20.2 Å². The van der Waals surface area contributed by atoms with Crippen LogP contribution in [0.2, 0.25) is 5.02 Å². The lowest BCUT2D eigenvalue weighted by atomic mass is 9.90. The summed E-state index contributed by atoms with van der Waals surface area (Å²) in [5.41, 5.74) is -1.06. The first-order valence-corrected chi connectivity index (χ1v) is 13.5. The SMILES string of the molecule is COc1cc(-c2nnc3n2CCCC3(Oc2ccc(Cl)c(F)c2)C(=O)N2CC(F)(F)C(F)(F)C2)ccc1-c1cnc(C)o1. The molecule has 15 heteroatoms. The zero-order valence-corrected chi connectivity index (χ0v) is 23.5. The quantitative estimate of drug-likeness (QED) is 0.247. The molecule has 1 fully saturated rings. The number of carbonyl (C=O) groups is 1. The van der Waals surface area contributed by atoms with Gasteiger partial charge in [-0.25, -0.2) is 9.37 Å². The highest BCUT2D eigenvalue weighted by atomic mass is 35.5. The van der Waals surface area contributed by atoms with Gasteiger partial charge in [0.15, 0.2) is 23.3 Å². The number of nitrogens with zero attached hydrogens (tertiary/aromatic N) is 5. The van der Waals surface area contributed by atoms with E-state index in [1.807, 2.05) is 0 Å². The van der Waals surface area contributed by atoms with Crippen LogP contribution in [-0.2, 0) is 16.9 Å². The molecule has 1 amide bonds. The third kappa shape index (κ3) is 4.77. The van der Waals surface area contributed by atoms with Crippen molar-refractivity contribution in [1.82, 2.24) is 24.6 Å². The minimum atomic E-state index is -4.45. The van der Waals surface area contributed by atoms with Crippen LogP contribution in [-0.4, -0.2) is 62.6 Å². The number of alkyl halides is 4. The van der Waals surface area contributed by atoms with Gasteiger partial charge in [0.2, 0.25) is 5.60 Å². The van der Waals surface area contributed by atoms with Crippen LogP contribution in [0.15, 0.2) is 47.0 Å². The summed E-state index contributed by atoms with van der Waals surface area (Å²) in [6.45, 7) is -1.08. The Morgan fingerprint density at radius 1 is 1.07 bits per heavy atom. The molecule has 1 saturated heterocycles. The number of fused-ring (bicyclic) bond motifs is 1. The van der Waals surface area contributed by atoms with Gasteiger partial charge in [0.05, 0.1) is 37.0 Å². The summed E-state index contributed by atoms with van der Waals surface area (Å²) in [6.07, 6.45) is 1.66. The maximum Gasteiger partial charge on any atom is 0.329 e. The fourth-order valence-corrected chi connectivity index (χ4v) is 5.51. The summed E-state index contributed by atoms with van der Waals surface area (Å²) in [5, 5.41) is 8.24. The summed E-state index contributed by atoms with van der Waals surface area (Å²) < 4.78 is 89.9. The first-order chi connectivity index (χ1) is 20.3. The molecule has 0 saturated carbocycles. The van der Waals surface area contributed by atoms with Gasteiger partial charge in [0.1, 0.15) is 17.3 Å². The van der Waals surface area contributed by atoms with E-state index in [-0.39, 0.29) is 41.8 Å². The van der Waals surface area contributed by atoms with Gasteiger partial charge in [-0.1, -0.05) is 17.7 Å². The molecular formula is C28H23ClF5N5O4. The van der Waals surface area contributed by atoms with E-state index >= 15 is 0 Å². The Morgan fingerprint density at radius 2 is 1.81 bits per heavy atom. The lowest BCUT2D eigenvalue weighted by molar-refractivity contribution is -0.172. The van der Waals surface area contributed by atoms with Crippen LogP contribution in [0.5, 0.6) is 11.5 Å². The number of rotatable bonds is 6. The Hall–Kier alpha value is -4.20. The Morgan fingerprint density at radius 3 is 2.47 bits per heavy atom. The molecule has 6 rings (SSSR count). The molecule has 4 aromatic rings. The van der Waals surface area contributed by atoms with E-state index < -0.39 is 42.3 Å². The van der Waals surface area contributed by atoms with Gasteiger partial charge in [-0.15, -0.1) is 10.2 Å². The molecule has 43 heavy (non-hydrogen) atoms. The molecule has 0 bridgehead atoms. The number of aromatic nitrogens is 4. The fraction of sp³-hybridized carbons (Fsp3) is 0.357. The van der Waals surface area contributed by atoms with Crippen molar-refractivity contribution in [3.63, 3.8) is 0 Å². The molecule has 0 radical (unpaired) electrons. The maximum absolute atomic E-state index is 14.4. The summed E-state index contributed by atoms with van der Waals surface area (Å²) in [6, 6.07) is 8.47. The second kappa shape index (κ2) is 10.2. The van der Waals surface area contributed by atoms with Gasteiger partial charge in [-0.2, -0.15) is 17.6 Å². The number of oxazole rings is 1. The van der Waals surface area contributed by atoms with E-state index in [0.29, 0.717) is 33.4 Å². The summed E-state index contributed by atoms with van der Waals surface area (Å²) in [7, 11) is 1.47. The third-order valence-corrected chi connectivity index (χ3v) is 7.81. The van der Waals surface area contributed by atoms with Gasteiger partial charge in [0.25, 0.3) is 5.91 Å². The van der Waals surface area contributed by atoms with Crippen LogP contribution in [0.3, 0.4) is 0 Å². The molecule has 2 aliphatic rings. The highest BCUT2D eigenvalue weighted by Gasteiger charge is 2.66. The first-order valence-electron chi connectivity index (χ1n) is 13.1. The van der Waals surface area contributed by atoms with E-state index in [4.69, 9.17) is 25.5 Å². The zero-order chi connectivity index (χ0) is 30.7. The zero-order valence-electron chi connectivity index (χ0n) is 22.7. The van der Waals surface area contributed by atoms with Gasteiger partial charge in [0, 0.05) is 31.5 Å². The van der Waals surface area contributed by atoms with Crippen LogP contribution in [0.1, 0.15) is 24.6 Å². The van der Waals surface area contributed by atoms with Crippen molar-refractivity contribution in [2.45, 2.75) is 43.8 Å². The molecular weight excluding hydrogens is 601 g/mol. The third-order valence-electron chi connectivity index (χ3n) is 7.50. The summed E-state index contributed by atoms with van der Waals surface area (Å²) in [5.74, 6) is -9.62. The molecule has 2 aliphatic heterocycles. The normalized spacial score (nSPS) is 20.6. The van der Waals surface area contributed by atoms with E-state index in [0.717, 1.165) is 6.07 Å². The number of methoxy groups -OCH3 is 1. The number of carbonyl (C=O) groups excluding carboxylic acids is 1. The van der Waals surface area contributed by atoms with Crippen molar-refractivity contribution in [2.24, 2.45) is 0 Å². The highest BCUT2D eigenvalue weighted by Crippen LogP contribution is 2.46. The summed E-state index contributed by atoms with van der Waals surface area (Å²) >= 11 is 5.80. The van der Waals surface area contributed by atoms with Crippen molar-refractivity contribution in [3.8, 4) is 34.2 Å². The van der Waals surface area contributed by atoms with Gasteiger partial charge < -0.3 is 23.4 Å². The topological polar surface area (TPSA) is 95.5 Å². The second-order valence-electron chi connectivity index (χ2n) is 10.3. The number of benzene rings is 2. The summed E-state index contributed by atoms with van der Waals surface area (Å²) in [4.78, 5) is 18.4. The number of hydrogen-bond acceptors (Lipinski definition) is 7. The first kappa shape index (κ1) is 28.9. The smallest absolute Gasteiger partial charge is 0.329 e. The second-order valence-corrected chi connectivity index (χ2v) is 10.7. The number of halogens is 6. The van der Waals surface area contributed by atoms with Gasteiger partial charge >= 0.3 is 11.8 Å². The van der Waals surface area contributed by atoms with Crippen LogP contribution in [0.4, 0.5) is 22.0 Å². The van der Waals surface area contributed by atoms with E-state index in [2.05, 4.69) is 15.2 Å². The Labute approximate surface area is 246 Å². The van der Waals surface area contributed by atoms with Gasteiger partial charge in [-0.3, -0.25) is 4.79 Å². The molecule has 1 unspecified atom stereocenters. The molecule has 2 aromatic heterocycles. The predicted molar refractivity (Wildman–Crippen MR) is 142 cm³/mol. The molecule has 0 aliphatic carbocycles. The van der Waals surface area contributed by atoms with E-state index in [1.165, 1.54) is 19.2 Å². The predicted octanol–water partition coefficient (Wildman–Crippen LogP) is 5.89. The van der Waals surface area contributed by atoms with Crippen molar-refractivity contribution < 1.29 is 40.6 Å². The Kier molecular flexibility index (Phi) is 6.86. The number of likely N-dealkylation sites (tertiary alicyclic amines) is 1. The number of aryl methyl sites for hydroxylation is 1. The van der Waals surface area contributed by atoms with Crippen molar-refractivity contribution in [1.29, 1.82) is 0 Å². The molecule has 2 aromatic carbocycles. The molecule has 4 heterocycles. The molecule has 9 nitrogen and oxygen atoms in total. The Bertz CT molecular complexity index is 1710. The lowest BCUT2D eigenvalue weighted by Gasteiger charge is -2.38. The highest BCUT2D eigenvalue weighted by molar-refractivity contribution is 6.30. The van der Waals surface area contributed by atoms with Crippen molar-refractivity contribution in [3.05, 3.63) is 65.2 Å². The van der Waals surface area contributed by atoms with Crippen LogP contribution in [0.25, 0.3) is 22.7 Å². The minimum absolute atomic E-state index is 0.110. The molecule has 1 atom stereocenters. The number of ether oxygens (including phenoxy) is 2. The van der Waals surface area contributed by atoms with E-state index in [9.17, 15) is 26.7 Å². The standard InChI is InChI=1S/C28H23ClF5N5O4/c1-15-35-12-22(42-15)18-6-4-16(10-21(18)41-2)23-36-37-24-26(8-3-9-39(23)24,43-17-5-7-19(29)20(30)11-17)25(40)38-13-27(31,32)28(33,34)14-38/h4-7,10-12H,3,8-9,13-14H2,1-2H3. The molecule has 0 spiro atoms. The fourth-order valence-electron chi connectivity index (χ4n) is 5.39. The van der Waals surface area contributed by atoms with Crippen molar-refractivity contribution >= 4 is 17.5 Å². The molecule has 0 N–H and O–H groups in total. The minimum Gasteiger partial charge on any atom is -0.496 e. The average molecular weight is 624 g/mol. The van der Waals surface area contributed by atoms with Crippen LogP contribution in [0, 0.1) is 12.7 Å². The Balaban J connectivity index is 1.45. The number of hydrogen-bond donors (Lipinski definition) is 0. The van der Waals surface area contributed by atoms with Crippen LogP contribution < -0.4 is 9.47 Å². The molecule has 226 valence electrons. The average Bonchev–Trinajstić information content (AvgIpc) is 3.65.